The first-order valence-electron chi connectivity index (χ1n) is 6.62. The molecule has 0 radical (unpaired) electrons. The zero-order chi connectivity index (χ0) is 14.5. The molecule has 6 heteroatoms. The van der Waals surface area contributed by atoms with Gasteiger partial charge in [-0.1, -0.05) is 0 Å². The van der Waals surface area contributed by atoms with Gasteiger partial charge in [-0.25, -0.2) is 4.79 Å². The second-order valence-electron chi connectivity index (χ2n) is 4.93. The molecule has 0 spiro atoms. The highest BCUT2D eigenvalue weighted by atomic mass is 16.5. The fourth-order valence-corrected chi connectivity index (χ4v) is 2.18. The van der Waals surface area contributed by atoms with Crippen LogP contribution in [0.25, 0.3) is 0 Å². The summed E-state index contributed by atoms with van der Waals surface area (Å²) in [5.41, 5.74) is 7.71. The Balaban J connectivity index is 1.94. The molecule has 1 heterocycles. The van der Waals surface area contributed by atoms with E-state index in [1.54, 1.807) is 18.2 Å². The summed E-state index contributed by atoms with van der Waals surface area (Å²) in [7, 11) is 3.43. The van der Waals surface area contributed by atoms with Gasteiger partial charge in [-0.2, -0.15) is 0 Å². The summed E-state index contributed by atoms with van der Waals surface area (Å²) in [5, 5.41) is 3.26. The van der Waals surface area contributed by atoms with E-state index in [1.807, 2.05) is 0 Å². The molecule has 0 aliphatic carbocycles. The molecule has 1 aromatic rings. The maximum Gasteiger partial charge on any atom is 0.337 e. The van der Waals surface area contributed by atoms with E-state index in [9.17, 15) is 4.79 Å². The number of morpholine rings is 1. The quantitative estimate of drug-likeness (QED) is 0.627. The van der Waals surface area contributed by atoms with Gasteiger partial charge < -0.3 is 25.4 Å². The molecule has 1 aromatic carbocycles. The molecule has 2 rings (SSSR count). The first-order chi connectivity index (χ1) is 9.60. The van der Waals surface area contributed by atoms with Crippen LogP contribution in [-0.2, 0) is 9.47 Å². The maximum atomic E-state index is 11.4. The van der Waals surface area contributed by atoms with Crippen molar-refractivity contribution in [3.05, 3.63) is 23.8 Å². The number of carbonyl (C=O) groups is 1. The monoisotopic (exact) mass is 279 g/mol. The topological polar surface area (TPSA) is 76.8 Å². The number of hydrogen-bond acceptors (Lipinski definition) is 6. The highest BCUT2D eigenvalue weighted by Crippen LogP contribution is 2.20. The smallest absolute Gasteiger partial charge is 0.337 e. The van der Waals surface area contributed by atoms with Crippen molar-refractivity contribution >= 4 is 17.3 Å². The molecular weight excluding hydrogens is 258 g/mol. The van der Waals surface area contributed by atoms with Gasteiger partial charge in [0.25, 0.3) is 0 Å². The number of esters is 1. The molecule has 0 bridgehead atoms. The van der Waals surface area contributed by atoms with Crippen molar-refractivity contribution in [2.45, 2.75) is 6.10 Å². The SMILES string of the molecule is COC(=O)c1ccc(NCC2CN(C)CCO2)c(N)c1. The molecule has 1 atom stereocenters. The van der Waals surface area contributed by atoms with Gasteiger partial charge in [0.15, 0.2) is 0 Å². The fourth-order valence-electron chi connectivity index (χ4n) is 2.18. The van der Waals surface area contributed by atoms with Crippen LogP contribution in [0.3, 0.4) is 0 Å². The van der Waals surface area contributed by atoms with Crippen molar-refractivity contribution in [3.8, 4) is 0 Å². The third-order valence-corrected chi connectivity index (χ3v) is 3.33. The first kappa shape index (κ1) is 14.6. The molecular formula is C14H21N3O3. The lowest BCUT2D eigenvalue weighted by Crippen LogP contribution is -2.43. The molecule has 0 amide bonds. The number of anilines is 2. The number of nitrogens with two attached hydrogens (primary N) is 1. The zero-order valence-electron chi connectivity index (χ0n) is 11.9. The third-order valence-electron chi connectivity index (χ3n) is 3.33. The third kappa shape index (κ3) is 3.61. The van der Waals surface area contributed by atoms with Gasteiger partial charge in [0.05, 0.1) is 36.8 Å². The van der Waals surface area contributed by atoms with E-state index in [2.05, 4.69) is 22.0 Å². The van der Waals surface area contributed by atoms with Crippen molar-refractivity contribution in [1.29, 1.82) is 0 Å². The number of nitrogens with one attached hydrogen (secondary N) is 1. The second-order valence-corrected chi connectivity index (χ2v) is 4.93. The summed E-state index contributed by atoms with van der Waals surface area (Å²) in [6.07, 6.45) is 0.147. The Morgan fingerprint density at radius 3 is 3.05 bits per heavy atom. The maximum absolute atomic E-state index is 11.4. The van der Waals surface area contributed by atoms with Crippen LogP contribution in [0.5, 0.6) is 0 Å². The Hall–Kier alpha value is -1.79. The Kier molecular flexibility index (Phi) is 4.81. The summed E-state index contributed by atoms with van der Waals surface area (Å²) in [4.78, 5) is 13.6. The Labute approximate surface area is 118 Å². The highest BCUT2D eigenvalue weighted by molar-refractivity contribution is 5.91. The molecule has 110 valence electrons. The number of ether oxygens (including phenoxy) is 2. The van der Waals surface area contributed by atoms with E-state index in [-0.39, 0.29) is 12.1 Å². The standard InChI is InChI=1S/C14H21N3O3/c1-17-5-6-20-11(9-17)8-16-13-4-3-10(7-12(13)15)14(18)19-2/h3-4,7,11,16H,5-6,8-9,15H2,1-2H3. The van der Waals surface area contributed by atoms with Crippen molar-refractivity contribution in [2.24, 2.45) is 0 Å². The van der Waals surface area contributed by atoms with Crippen LogP contribution in [0.1, 0.15) is 10.4 Å². The van der Waals surface area contributed by atoms with E-state index in [1.165, 1.54) is 7.11 Å². The number of hydrogen-bond donors (Lipinski definition) is 2. The molecule has 3 N–H and O–H groups in total. The molecule has 1 saturated heterocycles. The van der Waals surface area contributed by atoms with E-state index in [0.717, 1.165) is 25.4 Å². The van der Waals surface area contributed by atoms with Crippen molar-refractivity contribution in [2.75, 3.05) is 51.4 Å². The Morgan fingerprint density at radius 1 is 1.60 bits per heavy atom. The van der Waals surface area contributed by atoms with Gasteiger partial charge in [0.2, 0.25) is 0 Å². The Bertz CT molecular complexity index is 479. The van der Waals surface area contributed by atoms with Gasteiger partial charge in [0.1, 0.15) is 0 Å². The van der Waals surface area contributed by atoms with Gasteiger partial charge in [0, 0.05) is 19.6 Å². The van der Waals surface area contributed by atoms with E-state index < -0.39 is 0 Å². The lowest BCUT2D eigenvalue weighted by molar-refractivity contribution is -0.0117. The number of nitrogens with zero attached hydrogens (tertiary/aromatic N) is 1. The molecule has 6 nitrogen and oxygen atoms in total. The van der Waals surface area contributed by atoms with Gasteiger partial charge in [-0.15, -0.1) is 0 Å². The second kappa shape index (κ2) is 6.58. The number of carbonyl (C=O) groups excluding carboxylic acids is 1. The lowest BCUT2D eigenvalue weighted by atomic mass is 10.1. The highest BCUT2D eigenvalue weighted by Gasteiger charge is 2.17. The minimum atomic E-state index is -0.388. The number of methoxy groups -OCH3 is 1. The lowest BCUT2D eigenvalue weighted by Gasteiger charge is -2.30. The summed E-state index contributed by atoms with van der Waals surface area (Å²) >= 11 is 0. The molecule has 1 unspecified atom stereocenters. The van der Waals surface area contributed by atoms with Crippen LogP contribution in [0.2, 0.25) is 0 Å². The van der Waals surface area contributed by atoms with Gasteiger partial charge in [-0.05, 0) is 25.2 Å². The summed E-state index contributed by atoms with van der Waals surface area (Å²) < 4.78 is 10.3. The van der Waals surface area contributed by atoms with Crippen molar-refractivity contribution in [3.63, 3.8) is 0 Å². The van der Waals surface area contributed by atoms with Crippen LogP contribution in [-0.4, -0.2) is 57.4 Å². The zero-order valence-corrected chi connectivity index (χ0v) is 11.9. The van der Waals surface area contributed by atoms with Crippen LogP contribution >= 0.6 is 0 Å². The van der Waals surface area contributed by atoms with Crippen LogP contribution in [0.4, 0.5) is 11.4 Å². The normalized spacial score (nSPS) is 19.6. The fraction of sp³-hybridized carbons (Fsp3) is 0.500. The minimum Gasteiger partial charge on any atom is -0.465 e. The van der Waals surface area contributed by atoms with Crippen LogP contribution < -0.4 is 11.1 Å². The predicted octanol–water partition coefficient (Wildman–Crippen LogP) is 0.798. The molecule has 1 aliphatic heterocycles. The number of benzene rings is 1. The first-order valence-corrected chi connectivity index (χ1v) is 6.62. The summed E-state index contributed by atoms with van der Waals surface area (Å²) in [6, 6.07) is 5.09. The molecule has 0 saturated carbocycles. The number of nitrogen functional groups attached to an aromatic ring is 1. The van der Waals surface area contributed by atoms with Gasteiger partial charge >= 0.3 is 5.97 Å². The van der Waals surface area contributed by atoms with E-state index in [0.29, 0.717) is 17.8 Å². The van der Waals surface area contributed by atoms with E-state index in [4.69, 9.17) is 10.5 Å². The van der Waals surface area contributed by atoms with Crippen LogP contribution in [0.15, 0.2) is 18.2 Å². The number of rotatable bonds is 4. The van der Waals surface area contributed by atoms with Crippen LogP contribution in [0, 0.1) is 0 Å². The average molecular weight is 279 g/mol. The van der Waals surface area contributed by atoms with E-state index >= 15 is 0 Å². The largest absolute Gasteiger partial charge is 0.465 e. The molecule has 0 aromatic heterocycles. The summed E-state index contributed by atoms with van der Waals surface area (Å²) in [6.45, 7) is 3.30. The predicted molar refractivity (Wildman–Crippen MR) is 77.9 cm³/mol. The van der Waals surface area contributed by atoms with Crippen molar-refractivity contribution in [1.82, 2.24) is 4.90 Å². The minimum absolute atomic E-state index is 0.147. The molecule has 1 fully saturated rings. The Morgan fingerprint density at radius 2 is 2.40 bits per heavy atom. The van der Waals surface area contributed by atoms with Crippen molar-refractivity contribution < 1.29 is 14.3 Å². The number of likely N-dealkylation sites (N-methyl/N-ethyl adjacent to an activating group) is 1. The van der Waals surface area contributed by atoms with Gasteiger partial charge in [-0.3, -0.25) is 0 Å². The molecule has 1 aliphatic rings. The summed E-state index contributed by atoms with van der Waals surface area (Å²) in [5.74, 6) is -0.388. The molecule has 20 heavy (non-hydrogen) atoms. The average Bonchev–Trinajstić information content (AvgIpc) is 2.45.